The molecular weight excluding hydrogens is 496 g/mol. The molecule has 0 radical (unpaired) electrons. The van der Waals surface area contributed by atoms with Crippen molar-refractivity contribution in [1.29, 1.82) is 0 Å². The third-order valence-electron chi connectivity index (χ3n) is 8.90. The zero-order valence-corrected chi connectivity index (χ0v) is 23.2. The lowest BCUT2D eigenvalue weighted by Crippen LogP contribution is -2.17. The highest BCUT2D eigenvalue weighted by molar-refractivity contribution is 6.03. The van der Waals surface area contributed by atoms with Gasteiger partial charge in [0.1, 0.15) is 0 Å². The number of nitrogens with zero attached hydrogens (tertiary/aromatic N) is 1. The first kappa shape index (κ1) is 23.8. The molecule has 0 unspecified atom stereocenters. The minimum atomic E-state index is -0.150. The van der Waals surface area contributed by atoms with Crippen LogP contribution in [0.2, 0.25) is 0 Å². The summed E-state index contributed by atoms with van der Waals surface area (Å²) in [5.41, 5.74) is 15.5. The number of rotatable bonds is 3. The summed E-state index contributed by atoms with van der Waals surface area (Å²) in [6.07, 6.45) is 0. The monoisotopic (exact) mass is 526 g/mol. The van der Waals surface area contributed by atoms with Crippen LogP contribution in [0.5, 0.6) is 0 Å². The van der Waals surface area contributed by atoms with Gasteiger partial charge in [-0.05, 0) is 104 Å². The van der Waals surface area contributed by atoms with Gasteiger partial charge >= 0.3 is 0 Å². The molecule has 0 amide bonds. The van der Waals surface area contributed by atoms with Crippen molar-refractivity contribution in [2.75, 3.05) is 10.6 Å². The predicted octanol–water partition coefficient (Wildman–Crippen LogP) is 10.5. The lowest BCUT2D eigenvalue weighted by atomic mass is 9.82. The van der Waals surface area contributed by atoms with E-state index in [1.807, 2.05) is 6.07 Å². The van der Waals surface area contributed by atoms with Crippen molar-refractivity contribution in [3.8, 4) is 11.1 Å². The summed E-state index contributed by atoms with van der Waals surface area (Å²) >= 11 is 0. The van der Waals surface area contributed by atoms with Crippen LogP contribution in [0.3, 0.4) is 0 Å². The van der Waals surface area contributed by atoms with Crippen molar-refractivity contribution in [3.63, 3.8) is 0 Å². The zero-order chi connectivity index (χ0) is 27.7. The van der Waals surface area contributed by atoms with Gasteiger partial charge in [0.2, 0.25) is 0 Å². The first-order valence-electron chi connectivity index (χ1n) is 14.2. The Morgan fingerprint density at radius 3 is 1.88 bits per heavy atom. The highest BCUT2D eigenvalue weighted by atomic mass is 15.1. The highest BCUT2D eigenvalue weighted by Crippen LogP contribution is 2.51. The number of fused-ring (bicyclic) bond motifs is 6. The molecule has 0 saturated carbocycles. The molecule has 8 rings (SSSR count). The number of hydrogen-bond donors (Lipinski definition) is 1. The van der Waals surface area contributed by atoms with E-state index < -0.39 is 0 Å². The second kappa shape index (κ2) is 8.71. The molecule has 0 fully saturated rings. The highest BCUT2D eigenvalue weighted by Gasteiger charge is 2.36. The van der Waals surface area contributed by atoms with Gasteiger partial charge in [0.15, 0.2) is 0 Å². The van der Waals surface area contributed by atoms with Gasteiger partial charge in [-0.15, -0.1) is 0 Å². The molecule has 41 heavy (non-hydrogen) atoms. The molecule has 0 atom stereocenters. The van der Waals surface area contributed by atoms with Crippen molar-refractivity contribution in [3.05, 3.63) is 145 Å². The Labute approximate surface area is 240 Å². The largest absolute Gasteiger partial charge is 0.399 e. The fourth-order valence-electron chi connectivity index (χ4n) is 6.78. The van der Waals surface area contributed by atoms with E-state index in [0.29, 0.717) is 0 Å². The van der Waals surface area contributed by atoms with Crippen LogP contribution >= 0.6 is 0 Å². The summed E-state index contributed by atoms with van der Waals surface area (Å²) in [6.45, 7) is 4.62. The summed E-state index contributed by atoms with van der Waals surface area (Å²) in [4.78, 5) is 2.42. The van der Waals surface area contributed by atoms with Crippen molar-refractivity contribution in [2.45, 2.75) is 19.3 Å². The first-order valence-corrected chi connectivity index (χ1v) is 14.2. The molecule has 1 aliphatic rings. The van der Waals surface area contributed by atoms with Crippen LogP contribution in [0.4, 0.5) is 22.7 Å². The van der Waals surface area contributed by atoms with Gasteiger partial charge < -0.3 is 10.6 Å². The van der Waals surface area contributed by atoms with E-state index in [2.05, 4.69) is 146 Å². The minimum absolute atomic E-state index is 0.150. The van der Waals surface area contributed by atoms with Crippen molar-refractivity contribution in [1.82, 2.24) is 0 Å². The smallest absolute Gasteiger partial charge is 0.0540 e. The lowest BCUT2D eigenvalue weighted by Gasteiger charge is -2.29. The molecule has 0 saturated heterocycles. The molecular formula is C39H30N2. The fraction of sp³-hybridized carbons (Fsp3) is 0.0769. The molecule has 2 nitrogen and oxygen atoms in total. The Morgan fingerprint density at radius 1 is 0.488 bits per heavy atom. The average Bonchev–Trinajstić information content (AvgIpc) is 3.21. The van der Waals surface area contributed by atoms with Crippen LogP contribution in [0.15, 0.2) is 133 Å². The molecule has 0 spiro atoms. The van der Waals surface area contributed by atoms with Gasteiger partial charge in [0.25, 0.3) is 0 Å². The van der Waals surface area contributed by atoms with Gasteiger partial charge in [0.05, 0.1) is 5.69 Å². The predicted molar refractivity (Wildman–Crippen MR) is 176 cm³/mol. The molecule has 196 valence electrons. The Balaban J connectivity index is 1.37. The van der Waals surface area contributed by atoms with Crippen LogP contribution in [0.1, 0.15) is 25.0 Å². The fourth-order valence-corrected chi connectivity index (χ4v) is 6.78. The molecule has 0 aliphatic heterocycles. The SMILES string of the molecule is CC1(C)c2cc(N)ccc2-c2ccc(N(c3ccc4cc5ccccc5cc4c3)c3cccc4ccccc34)cc21. The van der Waals surface area contributed by atoms with E-state index in [1.165, 1.54) is 60.3 Å². The summed E-state index contributed by atoms with van der Waals surface area (Å²) in [7, 11) is 0. The third-order valence-corrected chi connectivity index (χ3v) is 8.90. The maximum absolute atomic E-state index is 6.24. The van der Waals surface area contributed by atoms with Gasteiger partial charge in [-0.1, -0.05) is 92.7 Å². The van der Waals surface area contributed by atoms with Gasteiger partial charge in [-0.25, -0.2) is 0 Å². The summed E-state index contributed by atoms with van der Waals surface area (Å²) in [5.74, 6) is 0. The van der Waals surface area contributed by atoms with E-state index in [-0.39, 0.29) is 5.41 Å². The van der Waals surface area contributed by atoms with Gasteiger partial charge in [-0.2, -0.15) is 0 Å². The molecule has 0 heterocycles. The Bertz CT molecular complexity index is 2150. The minimum Gasteiger partial charge on any atom is -0.399 e. The van der Waals surface area contributed by atoms with E-state index in [1.54, 1.807) is 0 Å². The second-order valence-corrected chi connectivity index (χ2v) is 11.7. The van der Waals surface area contributed by atoms with E-state index in [0.717, 1.165) is 17.1 Å². The molecule has 7 aromatic carbocycles. The van der Waals surface area contributed by atoms with Gasteiger partial charge in [-0.3, -0.25) is 0 Å². The van der Waals surface area contributed by atoms with Crippen molar-refractivity contribution >= 4 is 55.1 Å². The molecule has 2 N–H and O–H groups in total. The van der Waals surface area contributed by atoms with E-state index in [4.69, 9.17) is 5.73 Å². The number of hydrogen-bond acceptors (Lipinski definition) is 2. The van der Waals surface area contributed by atoms with Crippen molar-refractivity contribution in [2.24, 2.45) is 0 Å². The van der Waals surface area contributed by atoms with E-state index >= 15 is 0 Å². The van der Waals surface area contributed by atoms with Gasteiger partial charge in [0, 0.05) is 27.9 Å². The molecule has 2 heteroatoms. The number of nitrogens with two attached hydrogens (primary N) is 1. The molecule has 0 bridgehead atoms. The standard InChI is InChI=1S/C39H30N2/c1-39(2)36-23-30(40)15-18-34(36)35-19-17-32(24-37(35)39)41(38-13-7-11-25-8-5-6-12-33(25)38)31-16-14-28-20-26-9-3-4-10-27(26)21-29(28)22-31/h3-24H,40H2,1-2H3. The Hall–Kier alpha value is -5.08. The molecule has 1 aliphatic carbocycles. The Morgan fingerprint density at radius 2 is 1.07 bits per heavy atom. The number of anilines is 4. The number of benzene rings is 7. The van der Waals surface area contributed by atoms with Crippen LogP contribution in [0.25, 0.3) is 43.4 Å². The maximum Gasteiger partial charge on any atom is 0.0540 e. The second-order valence-electron chi connectivity index (χ2n) is 11.7. The summed E-state index contributed by atoms with van der Waals surface area (Å²) in [5, 5.41) is 7.45. The molecule has 7 aromatic rings. The quantitative estimate of drug-likeness (QED) is 0.183. The van der Waals surface area contributed by atoms with E-state index in [9.17, 15) is 0 Å². The summed E-state index contributed by atoms with van der Waals surface area (Å²) in [6, 6.07) is 48.6. The normalized spacial score (nSPS) is 13.4. The van der Waals surface area contributed by atoms with Crippen LogP contribution in [-0.2, 0) is 5.41 Å². The summed E-state index contributed by atoms with van der Waals surface area (Å²) < 4.78 is 0. The lowest BCUT2D eigenvalue weighted by molar-refractivity contribution is 0.661. The van der Waals surface area contributed by atoms with Crippen molar-refractivity contribution < 1.29 is 0 Å². The molecule has 0 aromatic heterocycles. The Kier molecular flexibility index (Phi) is 5.05. The van der Waals surface area contributed by atoms with Crippen LogP contribution in [-0.4, -0.2) is 0 Å². The van der Waals surface area contributed by atoms with Crippen LogP contribution < -0.4 is 10.6 Å². The zero-order valence-electron chi connectivity index (χ0n) is 23.2. The third kappa shape index (κ3) is 3.64. The topological polar surface area (TPSA) is 29.3 Å². The van der Waals surface area contributed by atoms with Crippen LogP contribution in [0, 0.1) is 0 Å². The average molecular weight is 527 g/mol. The number of nitrogen functional groups attached to an aromatic ring is 1. The maximum atomic E-state index is 6.24. The first-order chi connectivity index (χ1) is 20.0.